The molecule has 0 radical (unpaired) electrons. The summed E-state index contributed by atoms with van der Waals surface area (Å²) in [6, 6.07) is 14.0. The van der Waals surface area contributed by atoms with Crippen molar-refractivity contribution < 1.29 is 0 Å². The minimum absolute atomic E-state index is 0. The average molecular weight is 410 g/mol. The van der Waals surface area contributed by atoms with E-state index in [0.717, 1.165) is 41.1 Å². The van der Waals surface area contributed by atoms with Crippen LogP contribution >= 0.6 is 12.4 Å². The first-order valence-corrected chi connectivity index (χ1v) is 9.18. The maximum absolute atomic E-state index is 7.46. The highest BCUT2D eigenvalue weighted by molar-refractivity contribution is 5.95. The highest BCUT2D eigenvalue weighted by Crippen LogP contribution is 2.19. The summed E-state index contributed by atoms with van der Waals surface area (Å²) in [7, 11) is 2.04. The number of halogens is 1. The molecule has 2 aromatic heterocycles. The molecule has 29 heavy (non-hydrogen) atoms. The molecule has 0 atom stereocenters. The zero-order valence-electron chi connectivity index (χ0n) is 16.2. The van der Waals surface area contributed by atoms with Gasteiger partial charge in [0.05, 0.1) is 23.9 Å². The summed E-state index contributed by atoms with van der Waals surface area (Å²) in [5.74, 6) is 1.04. The van der Waals surface area contributed by atoms with Gasteiger partial charge in [0.2, 0.25) is 0 Å². The number of amidine groups is 1. The first-order chi connectivity index (χ1) is 13.6. The van der Waals surface area contributed by atoms with Crippen LogP contribution in [0, 0.1) is 5.41 Å². The van der Waals surface area contributed by atoms with Crippen LogP contribution in [0.4, 0.5) is 5.69 Å². The lowest BCUT2D eigenvalue weighted by atomic mass is 10.1. The van der Waals surface area contributed by atoms with Gasteiger partial charge < -0.3 is 20.2 Å². The Hall–Kier alpha value is -3.32. The number of rotatable bonds is 7. The molecule has 0 saturated carbocycles. The van der Waals surface area contributed by atoms with Gasteiger partial charge in [-0.15, -0.1) is 12.4 Å². The fourth-order valence-electron chi connectivity index (χ4n) is 3.23. The van der Waals surface area contributed by atoms with Gasteiger partial charge in [0.1, 0.15) is 11.7 Å². The molecule has 4 rings (SSSR count). The summed E-state index contributed by atoms with van der Waals surface area (Å²) in [6.07, 6.45) is 6.56. The molecular formula is C21H24ClN7. The van der Waals surface area contributed by atoms with E-state index in [9.17, 15) is 0 Å². The van der Waals surface area contributed by atoms with Crippen LogP contribution in [0.5, 0.6) is 0 Å². The van der Waals surface area contributed by atoms with E-state index in [1.54, 1.807) is 6.20 Å². The van der Waals surface area contributed by atoms with Crippen molar-refractivity contribution in [1.82, 2.24) is 19.1 Å². The van der Waals surface area contributed by atoms with Gasteiger partial charge in [0, 0.05) is 37.2 Å². The maximum atomic E-state index is 7.46. The Balaban J connectivity index is 0.00000240. The standard InChI is InChI=1S/C21H23N7.ClH/c1-27-19-7-2-15(8-10-28-11-9-24-14-28)12-18(19)26-20(27)13-25-17-5-3-16(4-6-17)21(22)23;/h2-7,9,11-12,14,25H,8,10,13H2,1H3,(H3,22,23);1H. The number of hydrogen-bond donors (Lipinski definition) is 3. The van der Waals surface area contributed by atoms with Crippen LogP contribution < -0.4 is 11.1 Å². The monoisotopic (exact) mass is 409 g/mol. The normalized spacial score (nSPS) is 10.7. The Bertz CT molecular complexity index is 1100. The zero-order chi connectivity index (χ0) is 19.5. The predicted molar refractivity (Wildman–Crippen MR) is 119 cm³/mol. The number of nitrogens with one attached hydrogen (secondary N) is 2. The van der Waals surface area contributed by atoms with Gasteiger partial charge in [-0.3, -0.25) is 5.41 Å². The number of imidazole rings is 2. The van der Waals surface area contributed by atoms with Crippen LogP contribution in [0.2, 0.25) is 0 Å². The molecule has 0 aliphatic heterocycles. The van der Waals surface area contributed by atoms with Crippen LogP contribution in [0.1, 0.15) is 17.0 Å². The number of aromatic nitrogens is 4. The third kappa shape index (κ3) is 4.57. The molecule has 8 heteroatoms. The van der Waals surface area contributed by atoms with Gasteiger partial charge in [-0.2, -0.15) is 0 Å². The number of nitrogens with zero attached hydrogens (tertiary/aromatic N) is 4. The summed E-state index contributed by atoms with van der Waals surface area (Å²) in [6.45, 7) is 1.53. The lowest BCUT2D eigenvalue weighted by Crippen LogP contribution is -2.11. The molecule has 0 saturated heterocycles. The Kier molecular flexibility index (Phi) is 6.19. The summed E-state index contributed by atoms with van der Waals surface area (Å²) in [4.78, 5) is 8.89. The van der Waals surface area contributed by atoms with Crippen LogP contribution in [-0.4, -0.2) is 24.9 Å². The second-order valence-corrected chi connectivity index (χ2v) is 6.81. The van der Waals surface area contributed by atoms with Gasteiger partial charge in [0.15, 0.2) is 0 Å². The Morgan fingerprint density at radius 3 is 2.66 bits per heavy atom. The largest absolute Gasteiger partial charge is 0.384 e. The molecule has 0 bridgehead atoms. The summed E-state index contributed by atoms with van der Waals surface area (Å²) < 4.78 is 4.20. The highest BCUT2D eigenvalue weighted by Gasteiger charge is 2.09. The second-order valence-electron chi connectivity index (χ2n) is 6.81. The van der Waals surface area contributed by atoms with Gasteiger partial charge in [0.25, 0.3) is 0 Å². The van der Waals surface area contributed by atoms with Crippen molar-refractivity contribution in [3.63, 3.8) is 0 Å². The Labute approximate surface area is 175 Å². The van der Waals surface area contributed by atoms with Crippen LogP contribution in [0.25, 0.3) is 11.0 Å². The number of anilines is 1. The number of nitrogen functional groups attached to an aromatic ring is 1. The van der Waals surface area contributed by atoms with E-state index in [4.69, 9.17) is 16.1 Å². The number of aryl methyl sites for hydroxylation is 3. The first kappa shape index (κ1) is 20.4. The molecule has 0 fully saturated rings. The number of hydrogen-bond acceptors (Lipinski definition) is 4. The number of benzene rings is 2. The zero-order valence-corrected chi connectivity index (χ0v) is 17.0. The van der Waals surface area contributed by atoms with Crippen molar-refractivity contribution in [3.8, 4) is 0 Å². The molecule has 0 unspecified atom stereocenters. The van der Waals surface area contributed by atoms with Crippen molar-refractivity contribution in [2.45, 2.75) is 19.5 Å². The molecule has 0 aliphatic rings. The van der Waals surface area contributed by atoms with Crippen molar-refractivity contribution in [2.24, 2.45) is 12.8 Å². The molecule has 4 aromatic rings. The predicted octanol–water partition coefficient (Wildman–Crippen LogP) is 3.33. The maximum Gasteiger partial charge on any atom is 0.128 e. The third-order valence-electron chi connectivity index (χ3n) is 4.90. The van der Waals surface area contributed by atoms with Crippen LogP contribution in [0.15, 0.2) is 61.2 Å². The molecule has 2 heterocycles. The van der Waals surface area contributed by atoms with E-state index in [1.807, 2.05) is 43.8 Å². The molecule has 0 amide bonds. The fraction of sp³-hybridized carbons (Fsp3) is 0.190. The lowest BCUT2D eigenvalue weighted by Gasteiger charge is -2.07. The van der Waals surface area contributed by atoms with E-state index in [-0.39, 0.29) is 18.2 Å². The SMILES string of the molecule is Cl.Cn1c(CNc2ccc(C(=N)N)cc2)nc2cc(CCn3ccnc3)ccc21. The highest BCUT2D eigenvalue weighted by atomic mass is 35.5. The van der Waals surface area contributed by atoms with Crippen molar-refractivity contribution >= 4 is 35.0 Å². The topological polar surface area (TPSA) is 97.5 Å². The van der Waals surface area contributed by atoms with E-state index in [1.165, 1.54) is 5.56 Å². The molecule has 0 aliphatic carbocycles. The fourth-order valence-corrected chi connectivity index (χ4v) is 3.23. The van der Waals surface area contributed by atoms with Gasteiger partial charge in [-0.1, -0.05) is 6.07 Å². The molecule has 2 aromatic carbocycles. The van der Waals surface area contributed by atoms with E-state index in [2.05, 4.69) is 37.6 Å². The van der Waals surface area contributed by atoms with E-state index >= 15 is 0 Å². The smallest absolute Gasteiger partial charge is 0.128 e. The third-order valence-corrected chi connectivity index (χ3v) is 4.90. The van der Waals surface area contributed by atoms with Gasteiger partial charge >= 0.3 is 0 Å². The average Bonchev–Trinajstić information content (AvgIpc) is 3.33. The van der Waals surface area contributed by atoms with Crippen molar-refractivity contribution in [3.05, 3.63) is 78.1 Å². The molecule has 0 spiro atoms. The van der Waals surface area contributed by atoms with E-state index < -0.39 is 0 Å². The second kappa shape index (κ2) is 8.79. The van der Waals surface area contributed by atoms with Crippen LogP contribution in [0.3, 0.4) is 0 Å². The molecule has 4 N–H and O–H groups in total. The first-order valence-electron chi connectivity index (χ1n) is 9.18. The summed E-state index contributed by atoms with van der Waals surface area (Å²) in [5, 5.41) is 10.8. The molecule has 7 nitrogen and oxygen atoms in total. The Morgan fingerprint density at radius 1 is 1.17 bits per heavy atom. The lowest BCUT2D eigenvalue weighted by molar-refractivity contribution is 0.696. The quantitative estimate of drug-likeness (QED) is 0.322. The Morgan fingerprint density at radius 2 is 1.97 bits per heavy atom. The number of fused-ring (bicyclic) bond motifs is 1. The van der Waals surface area contributed by atoms with E-state index in [0.29, 0.717) is 6.54 Å². The van der Waals surface area contributed by atoms with Crippen molar-refractivity contribution in [2.75, 3.05) is 5.32 Å². The summed E-state index contributed by atoms with van der Waals surface area (Å²) >= 11 is 0. The van der Waals surface area contributed by atoms with Crippen LogP contribution in [-0.2, 0) is 26.6 Å². The van der Waals surface area contributed by atoms with Gasteiger partial charge in [-0.05, 0) is 48.4 Å². The van der Waals surface area contributed by atoms with Crippen molar-refractivity contribution in [1.29, 1.82) is 5.41 Å². The van der Waals surface area contributed by atoms with Gasteiger partial charge in [-0.25, -0.2) is 9.97 Å². The minimum atomic E-state index is 0. The molecular weight excluding hydrogens is 386 g/mol. The summed E-state index contributed by atoms with van der Waals surface area (Å²) in [5.41, 5.74) is 10.6. The minimum Gasteiger partial charge on any atom is -0.384 e. The number of nitrogens with two attached hydrogens (primary N) is 1. The molecule has 150 valence electrons.